The number of hydrogen-bond acceptors (Lipinski definition) is 14. The fourth-order valence-corrected chi connectivity index (χ4v) is 6.51. The van der Waals surface area contributed by atoms with Crippen LogP contribution in [-0.2, 0) is 30.2 Å². The highest BCUT2D eigenvalue weighted by atomic mass is 35.5. The Morgan fingerprint density at radius 3 is 2.36 bits per heavy atom. The average molecular weight is 794 g/mol. The molecule has 2 aliphatic heterocycles. The summed E-state index contributed by atoms with van der Waals surface area (Å²) in [6.45, 7) is 11.9. The summed E-state index contributed by atoms with van der Waals surface area (Å²) in [6.07, 6.45) is 8.36. The standard InChI is InChI=1S/C38H54N12O5.ClH/c1-4-17-52-21-23-55-24-22-53-18-10-40-36-42-37(44-38(43-36)49-15-19-54-20-16-49)48-13-11-47(12-14-48)35(51)33(26-30-25-29-8-6-7-9-31(29)41-30)50-27-32(45-46-50)34(39)28(3)5-2;/h1,6-9,25,27-28,33-34,41H,5,10-24,26,39H2,2-3H3,(H,40,42,43,44);1H/p-1. The number of halogens is 1. The van der Waals surface area contributed by atoms with Crippen LogP contribution in [0.2, 0.25) is 0 Å². The van der Waals surface area contributed by atoms with Crippen molar-refractivity contribution in [2.24, 2.45) is 11.7 Å². The minimum atomic E-state index is -0.604. The molecule has 17 nitrogen and oxygen atoms in total. The zero-order chi connectivity index (χ0) is 38.4. The molecule has 56 heavy (non-hydrogen) atoms. The number of benzene rings is 1. The minimum Gasteiger partial charge on any atom is -1.00 e. The van der Waals surface area contributed by atoms with Crippen molar-refractivity contribution >= 4 is 34.7 Å². The van der Waals surface area contributed by atoms with Crippen LogP contribution in [0.4, 0.5) is 17.8 Å². The molecule has 3 aromatic heterocycles. The van der Waals surface area contributed by atoms with Crippen molar-refractivity contribution in [2.75, 3.05) is 114 Å². The molecule has 4 N–H and O–H groups in total. The summed E-state index contributed by atoms with van der Waals surface area (Å²) < 4.78 is 23.7. The molecular weight excluding hydrogens is 740 g/mol. The Morgan fingerprint density at radius 1 is 0.982 bits per heavy atom. The zero-order valence-electron chi connectivity index (χ0n) is 32.3. The van der Waals surface area contributed by atoms with Crippen molar-refractivity contribution in [2.45, 2.75) is 38.8 Å². The van der Waals surface area contributed by atoms with Crippen molar-refractivity contribution < 1.29 is 36.1 Å². The second-order valence-electron chi connectivity index (χ2n) is 13.7. The number of ether oxygens (including phenoxy) is 4. The van der Waals surface area contributed by atoms with Crippen molar-refractivity contribution in [3.05, 3.63) is 47.9 Å². The van der Waals surface area contributed by atoms with Crippen LogP contribution in [0.3, 0.4) is 0 Å². The second kappa shape index (κ2) is 21.7. The number of nitrogens with zero attached hydrogens (tertiary/aromatic N) is 9. The van der Waals surface area contributed by atoms with Crippen molar-refractivity contribution in [3.63, 3.8) is 0 Å². The van der Waals surface area contributed by atoms with Crippen molar-refractivity contribution in [3.8, 4) is 12.3 Å². The molecule has 1 amide bonds. The van der Waals surface area contributed by atoms with Crippen LogP contribution < -0.4 is 33.3 Å². The molecule has 18 heteroatoms. The van der Waals surface area contributed by atoms with Gasteiger partial charge in [0.15, 0.2) is 0 Å². The molecule has 0 radical (unpaired) electrons. The Morgan fingerprint density at radius 2 is 1.66 bits per heavy atom. The summed E-state index contributed by atoms with van der Waals surface area (Å²) in [5.41, 5.74) is 9.18. The number of carbonyl (C=O) groups excluding carboxylic acids is 1. The molecule has 2 saturated heterocycles. The number of morpholine rings is 1. The number of rotatable bonds is 20. The van der Waals surface area contributed by atoms with E-state index < -0.39 is 6.04 Å². The summed E-state index contributed by atoms with van der Waals surface area (Å²) in [5.74, 6) is 4.24. The van der Waals surface area contributed by atoms with Gasteiger partial charge in [0.2, 0.25) is 23.8 Å². The fraction of sp³-hybridized carbons (Fsp3) is 0.579. The van der Waals surface area contributed by atoms with E-state index in [0.29, 0.717) is 122 Å². The van der Waals surface area contributed by atoms with Crippen LogP contribution in [-0.4, -0.2) is 144 Å². The van der Waals surface area contributed by atoms with Gasteiger partial charge in [0.05, 0.1) is 64.2 Å². The molecule has 6 rings (SSSR count). The van der Waals surface area contributed by atoms with Gasteiger partial charge in [-0.3, -0.25) is 4.79 Å². The first-order chi connectivity index (χ1) is 26.9. The van der Waals surface area contributed by atoms with Crippen LogP contribution in [0.25, 0.3) is 10.9 Å². The summed E-state index contributed by atoms with van der Waals surface area (Å²) in [5, 5.41) is 13.3. The SMILES string of the molecule is C#CCOCCOCCOCCNc1nc(N2CCOCC2)nc(N2CCN(C(=O)C(Cc3cc4ccccc4[nH]3)n3cc(C(N)C(C)CC)nn3)CC2)n1.[Cl-]. The third-order valence-electron chi connectivity index (χ3n) is 9.97. The lowest BCUT2D eigenvalue weighted by atomic mass is 9.98. The summed E-state index contributed by atoms with van der Waals surface area (Å²) >= 11 is 0. The maximum atomic E-state index is 14.4. The molecule has 4 aromatic rings. The van der Waals surface area contributed by atoms with Crippen molar-refractivity contribution in [1.82, 2.24) is 39.8 Å². The largest absolute Gasteiger partial charge is 1.00 e. The molecule has 0 aliphatic carbocycles. The third kappa shape index (κ3) is 11.5. The molecule has 5 heterocycles. The van der Waals surface area contributed by atoms with E-state index in [9.17, 15) is 4.79 Å². The molecule has 1 aromatic carbocycles. The number of anilines is 3. The van der Waals surface area contributed by atoms with Crippen LogP contribution in [0.15, 0.2) is 36.5 Å². The number of nitrogens with two attached hydrogens (primary N) is 1. The van der Waals surface area contributed by atoms with E-state index in [4.69, 9.17) is 46.1 Å². The minimum absolute atomic E-state index is 0. The Labute approximate surface area is 334 Å². The smallest absolute Gasteiger partial charge is 0.248 e. The van der Waals surface area contributed by atoms with E-state index in [1.807, 2.05) is 29.3 Å². The van der Waals surface area contributed by atoms with E-state index >= 15 is 0 Å². The number of aromatic amines is 1. The first-order valence-electron chi connectivity index (χ1n) is 19.2. The number of nitrogens with one attached hydrogen (secondary N) is 2. The zero-order valence-corrected chi connectivity index (χ0v) is 33.1. The van der Waals surface area contributed by atoms with Gasteiger partial charge in [0, 0.05) is 63.4 Å². The molecule has 3 unspecified atom stereocenters. The van der Waals surface area contributed by atoms with Gasteiger partial charge in [-0.25, -0.2) is 4.68 Å². The molecule has 2 aliphatic rings. The van der Waals surface area contributed by atoms with Gasteiger partial charge in [-0.15, -0.1) is 11.5 Å². The lowest BCUT2D eigenvalue weighted by molar-refractivity contribution is -0.135. The molecule has 0 saturated carbocycles. The van der Waals surface area contributed by atoms with Crippen LogP contribution in [0, 0.1) is 18.3 Å². The van der Waals surface area contributed by atoms with E-state index in [1.54, 1.807) is 4.68 Å². The summed E-state index contributed by atoms with van der Waals surface area (Å²) in [7, 11) is 0. The lowest BCUT2D eigenvalue weighted by Crippen LogP contribution is -3.00. The molecule has 3 atom stereocenters. The number of H-pyrrole nitrogens is 1. The first-order valence-corrected chi connectivity index (χ1v) is 19.2. The van der Waals surface area contributed by atoms with E-state index in [-0.39, 0.29) is 36.9 Å². The predicted molar refractivity (Wildman–Crippen MR) is 209 cm³/mol. The predicted octanol–water partition coefficient (Wildman–Crippen LogP) is -0.942. The van der Waals surface area contributed by atoms with E-state index in [0.717, 1.165) is 23.0 Å². The van der Waals surface area contributed by atoms with Gasteiger partial charge >= 0.3 is 0 Å². The highest BCUT2D eigenvalue weighted by Gasteiger charge is 2.32. The topological polar surface area (TPSA) is 187 Å². The van der Waals surface area contributed by atoms with Gasteiger partial charge in [-0.1, -0.05) is 49.6 Å². The number of amides is 1. The lowest BCUT2D eigenvalue weighted by Gasteiger charge is -2.36. The number of aromatic nitrogens is 7. The maximum absolute atomic E-state index is 14.4. The molecule has 304 valence electrons. The number of para-hydroxylation sites is 1. The van der Waals surface area contributed by atoms with Crippen LogP contribution in [0.5, 0.6) is 0 Å². The van der Waals surface area contributed by atoms with Gasteiger partial charge in [-0.2, -0.15) is 15.0 Å². The van der Waals surface area contributed by atoms with Crippen LogP contribution in [0.1, 0.15) is 43.7 Å². The fourth-order valence-electron chi connectivity index (χ4n) is 6.51. The van der Waals surface area contributed by atoms with Gasteiger partial charge in [-0.05, 0) is 23.4 Å². The Bertz CT molecular complexity index is 1810. The van der Waals surface area contributed by atoms with Gasteiger partial charge < -0.3 is 62.1 Å². The summed E-state index contributed by atoms with van der Waals surface area (Å²) in [4.78, 5) is 38.4. The van der Waals surface area contributed by atoms with Crippen LogP contribution >= 0.6 is 0 Å². The highest BCUT2D eigenvalue weighted by molar-refractivity contribution is 5.83. The highest BCUT2D eigenvalue weighted by Crippen LogP contribution is 2.26. The second-order valence-corrected chi connectivity index (χ2v) is 13.7. The average Bonchev–Trinajstić information content (AvgIpc) is 3.89. The number of hydrogen-bond donors (Lipinski definition) is 3. The Balaban J connectivity index is 0.00000600. The van der Waals surface area contributed by atoms with E-state index in [1.165, 1.54) is 0 Å². The molecule has 0 bridgehead atoms. The summed E-state index contributed by atoms with van der Waals surface area (Å²) in [6, 6.07) is 9.32. The normalized spacial score (nSPS) is 16.3. The van der Waals surface area contributed by atoms with E-state index in [2.05, 4.69) is 62.3 Å². The third-order valence-corrected chi connectivity index (χ3v) is 9.97. The monoisotopic (exact) mass is 793 g/mol. The molecule has 0 spiro atoms. The molecular formula is C38H54ClN12O5-. The quantitative estimate of drug-likeness (QED) is 0.0735. The number of piperazine rings is 1. The Hall–Kier alpha value is -4.57. The van der Waals surface area contributed by atoms with Gasteiger partial charge in [0.1, 0.15) is 12.6 Å². The van der Waals surface area contributed by atoms with Crippen molar-refractivity contribution in [1.29, 1.82) is 0 Å². The van der Waals surface area contributed by atoms with Gasteiger partial charge in [0.25, 0.3) is 0 Å². The number of terminal acetylenes is 1. The Kier molecular flexibility index (Phi) is 16.5. The number of carbonyl (C=O) groups is 1. The number of fused-ring (bicyclic) bond motifs is 1. The molecule has 2 fully saturated rings. The first kappa shape index (κ1) is 42.6. The maximum Gasteiger partial charge on any atom is 0.248 e.